The Kier molecular flexibility index (Phi) is 2.23. The van der Waals surface area contributed by atoms with Gasteiger partial charge in [-0.1, -0.05) is 11.6 Å². The minimum atomic E-state index is 0.767. The van der Waals surface area contributed by atoms with Gasteiger partial charge >= 0.3 is 0 Å². The second-order valence-corrected chi connectivity index (χ2v) is 3.62. The molecule has 0 fully saturated rings. The van der Waals surface area contributed by atoms with E-state index in [1.165, 1.54) is 5.71 Å². The molecule has 0 unspecified atom stereocenters. The third-order valence-corrected chi connectivity index (χ3v) is 2.35. The molecule has 2 rings (SSSR count). The van der Waals surface area contributed by atoms with Crippen molar-refractivity contribution in [1.82, 2.24) is 0 Å². The van der Waals surface area contributed by atoms with E-state index in [1.807, 2.05) is 29.3 Å². The first kappa shape index (κ1) is 8.57. The van der Waals surface area contributed by atoms with Crippen molar-refractivity contribution in [3.63, 3.8) is 0 Å². The molecule has 0 radical (unpaired) electrons. The van der Waals surface area contributed by atoms with Crippen LogP contribution >= 0.6 is 11.6 Å². The second kappa shape index (κ2) is 3.38. The van der Waals surface area contributed by atoms with Gasteiger partial charge in [-0.25, -0.2) is 0 Å². The number of anilines is 1. The Morgan fingerprint density at radius 3 is 2.54 bits per heavy atom. The lowest BCUT2D eigenvalue weighted by Gasteiger charge is -2.12. The van der Waals surface area contributed by atoms with Crippen LogP contribution in [-0.2, 0) is 0 Å². The standard InChI is InChI=1S/C10H11ClN2/c1-8-6-7-13(12-8)10-4-2-9(11)3-5-10/h2-5H,6-7H2,1H3. The Morgan fingerprint density at radius 2 is 2.00 bits per heavy atom. The Morgan fingerprint density at radius 1 is 1.31 bits per heavy atom. The monoisotopic (exact) mass is 194 g/mol. The third kappa shape index (κ3) is 1.83. The summed E-state index contributed by atoms with van der Waals surface area (Å²) in [7, 11) is 0. The number of rotatable bonds is 1. The van der Waals surface area contributed by atoms with Crippen molar-refractivity contribution >= 4 is 23.0 Å². The summed E-state index contributed by atoms with van der Waals surface area (Å²) in [6.45, 7) is 3.03. The fourth-order valence-electron chi connectivity index (χ4n) is 1.37. The maximum absolute atomic E-state index is 5.79. The molecule has 1 heterocycles. The summed E-state index contributed by atoms with van der Waals surface area (Å²) in [5, 5.41) is 7.17. The van der Waals surface area contributed by atoms with Gasteiger partial charge in [0.2, 0.25) is 0 Å². The predicted octanol–water partition coefficient (Wildman–Crippen LogP) is 2.93. The molecule has 0 aromatic heterocycles. The van der Waals surface area contributed by atoms with Crippen LogP contribution in [0.15, 0.2) is 29.4 Å². The van der Waals surface area contributed by atoms with Crippen LogP contribution in [0.2, 0.25) is 5.02 Å². The van der Waals surface area contributed by atoms with Crippen molar-refractivity contribution in [3.05, 3.63) is 29.3 Å². The summed E-state index contributed by atoms with van der Waals surface area (Å²) >= 11 is 5.79. The number of benzene rings is 1. The first-order valence-electron chi connectivity index (χ1n) is 4.33. The fraction of sp³-hybridized carbons (Fsp3) is 0.300. The van der Waals surface area contributed by atoms with Gasteiger partial charge in [0.05, 0.1) is 5.69 Å². The minimum absolute atomic E-state index is 0.767. The topological polar surface area (TPSA) is 15.6 Å². The summed E-state index contributed by atoms with van der Waals surface area (Å²) in [6.07, 6.45) is 1.06. The van der Waals surface area contributed by atoms with E-state index in [0.717, 1.165) is 23.7 Å². The predicted molar refractivity (Wildman–Crippen MR) is 56.5 cm³/mol. The summed E-state index contributed by atoms with van der Waals surface area (Å²) in [4.78, 5) is 0. The largest absolute Gasteiger partial charge is 0.265 e. The van der Waals surface area contributed by atoms with Crippen LogP contribution in [0.5, 0.6) is 0 Å². The van der Waals surface area contributed by atoms with E-state index in [2.05, 4.69) is 12.0 Å². The molecule has 0 atom stereocenters. The van der Waals surface area contributed by atoms with E-state index in [0.29, 0.717) is 0 Å². The van der Waals surface area contributed by atoms with Crippen LogP contribution in [0.4, 0.5) is 5.69 Å². The first-order valence-corrected chi connectivity index (χ1v) is 4.71. The van der Waals surface area contributed by atoms with Crippen LogP contribution in [0.25, 0.3) is 0 Å². The summed E-state index contributed by atoms with van der Waals surface area (Å²) < 4.78 is 0. The second-order valence-electron chi connectivity index (χ2n) is 3.18. The van der Waals surface area contributed by atoms with E-state index in [4.69, 9.17) is 11.6 Å². The molecule has 0 bridgehead atoms. The van der Waals surface area contributed by atoms with Crippen molar-refractivity contribution < 1.29 is 0 Å². The normalized spacial score (nSPS) is 16.2. The minimum Gasteiger partial charge on any atom is -0.265 e. The zero-order valence-corrected chi connectivity index (χ0v) is 8.25. The van der Waals surface area contributed by atoms with Crippen molar-refractivity contribution in [2.45, 2.75) is 13.3 Å². The van der Waals surface area contributed by atoms with Gasteiger partial charge in [0.1, 0.15) is 0 Å². The van der Waals surface area contributed by atoms with Gasteiger partial charge in [0.15, 0.2) is 0 Å². The molecule has 0 spiro atoms. The SMILES string of the molecule is CC1=NN(c2ccc(Cl)cc2)CC1. The van der Waals surface area contributed by atoms with Crippen LogP contribution in [0, 0.1) is 0 Å². The third-order valence-electron chi connectivity index (χ3n) is 2.10. The van der Waals surface area contributed by atoms with E-state index in [-0.39, 0.29) is 0 Å². The Hall–Kier alpha value is -1.02. The van der Waals surface area contributed by atoms with Crippen LogP contribution in [0.3, 0.4) is 0 Å². The molecule has 2 nitrogen and oxygen atoms in total. The highest BCUT2D eigenvalue weighted by atomic mass is 35.5. The van der Waals surface area contributed by atoms with Crippen molar-refractivity contribution in [3.8, 4) is 0 Å². The van der Waals surface area contributed by atoms with Gasteiger partial charge in [-0.2, -0.15) is 5.10 Å². The Labute approximate surface area is 82.8 Å². The van der Waals surface area contributed by atoms with E-state index in [1.54, 1.807) is 0 Å². The number of nitrogens with zero attached hydrogens (tertiary/aromatic N) is 2. The molecule has 1 aromatic rings. The molecule has 0 aliphatic carbocycles. The molecule has 68 valence electrons. The Bertz CT molecular complexity index is 329. The van der Waals surface area contributed by atoms with Crippen LogP contribution in [0.1, 0.15) is 13.3 Å². The van der Waals surface area contributed by atoms with Gasteiger partial charge in [-0.05, 0) is 31.2 Å². The zero-order valence-electron chi connectivity index (χ0n) is 7.50. The van der Waals surface area contributed by atoms with E-state index < -0.39 is 0 Å². The lowest BCUT2D eigenvalue weighted by molar-refractivity contribution is 0.922. The van der Waals surface area contributed by atoms with Crippen molar-refractivity contribution in [2.75, 3.05) is 11.6 Å². The Balaban J connectivity index is 2.22. The highest BCUT2D eigenvalue weighted by Gasteiger charge is 2.11. The molecule has 0 saturated heterocycles. The molecule has 1 aliphatic heterocycles. The molecule has 0 N–H and O–H groups in total. The lowest BCUT2D eigenvalue weighted by atomic mass is 10.3. The van der Waals surface area contributed by atoms with Gasteiger partial charge in [0.25, 0.3) is 0 Å². The number of hydrazone groups is 1. The maximum atomic E-state index is 5.79. The summed E-state index contributed by atoms with van der Waals surface area (Å²) in [6, 6.07) is 7.76. The molecule has 1 aromatic carbocycles. The molecule has 3 heteroatoms. The van der Waals surface area contributed by atoms with E-state index >= 15 is 0 Å². The zero-order chi connectivity index (χ0) is 9.26. The highest BCUT2D eigenvalue weighted by molar-refractivity contribution is 6.30. The summed E-state index contributed by atoms with van der Waals surface area (Å²) in [5.74, 6) is 0. The van der Waals surface area contributed by atoms with Gasteiger partial charge < -0.3 is 0 Å². The lowest BCUT2D eigenvalue weighted by Crippen LogP contribution is -2.11. The summed E-state index contributed by atoms with van der Waals surface area (Å²) in [5.41, 5.74) is 2.30. The number of halogens is 1. The molecular weight excluding hydrogens is 184 g/mol. The van der Waals surface area contributed by atoms with Gasteiger partial charge in [-0.3, -0.25) is 5.01 Å². The average molecular weight is 195 g/mol. The van der Waals surface area contributed by atoms with Crippen molar-refractivity contribution in [1.29, 1.82) is 0 Å². The van der Waals surface area contributed by atoms with Crippen molar-refractivity contribution in [2.24, 2.45) is 5.10 Å². The molecular formula is C10H11ClN2. The molecule has 0 amide bonds. The van der Waals surface area contributed by atoms with Crippen LogP contribution in [-0.4, -0.2) is 12.3 Å². The van der Waals surface area contributed by atoms with Gasteiger partial charge in [0, 0.05) is 23.7 Å². The smallest absolute Gasteiger partial charge is 0.0595 e. The molecule has 0 saturated carbocycles. The molecule has 1 aliphatic rings. The fourth-order valence-corrected chi connectivity index (χ4v) is 1.50. The van der Waals surface area contributed by atoms with Crippen LogP contribution < -0.4 is 5.01 Å². The van der Waals surface area contributed by atoms with Gasteiger partial charge in [-0.15, -0.1) is 0 Å². The highest BCUT2D eigenvalue weighted by Crippen LogP contribution is 2.21. The first-order chi connectivity index (χ1) is 6.25. The number of hydrogen-bond donors (Lipinski definition) is 0. The van der Waals surface area contributed by atoms with E-state index in [9.17, 15) is 0 Å². The number of hydrogen-bond acceptors (Lipinski definition) is 2. The quantitative estimate of drug-likeness (QED) is 0.671. The average Bonchev–Trinajstić information content (AvgIpc) is 2.53. The maximum Gasteiger partial charge on any atom is 0.0595 e. The molecule has 13 heavy (non-hydrogen) atoms.